The van der Waals surface area contributed by atoms with Gasteiger partial charge in [0, 0.05) is 11.3 Å². The molecule has 1 N–H and O–H groups in total. The van der Waals surface area contributed by atoms with Gasteiger partial charge in [0.1, 0.15) is 11.5 Å². The van der Waals surface area contributed by atoms with Crippen molar-refractivity contribution in [3.05, 3.63) is 90.0 Å². The van der Waals surface area contributed by atoms with E-state index in [2.05, 4.69) is 5.32 Å². The van der Waals surface area contributed by atoms with Crippen molar-refractivity contribution >= 4 is 17.6 Å². The molecule has 0 unspecified atom stereocenters. The SMILES string of the molecule is CCc1ccccc1OCC(=O)Oc1ccc(C(=O)Nc2ccccc2)cc1. The van der Waals surface area contributed by atoms with Crippen molar-refractivity contribution in [3.8, 4) is 11.5 Å². The number of ether oxygens (including phenoxy) is 2. The lowest BCUT2D eigenvalue weighted by atomic mass is 10.1. The first-order chi connectivity index (χ1) is 13.7. The molecule has 0 aliphatic rings. The minimum Gasteiger partial charge on any atom is -0.482 e. The Kier molecular flexibility index (Phi) is 6.41. The van der Waals surface area contributed by atoms with Gasteiger partial charge < -0.3 is 14.8 Å². The third kappa shape index (κ3) is 5.20. The monoisotopic (exact) mass is 375 g/mol. The molecule has 0 saturated heterocycles. The zero-order chi connectivity index (χ0) is 19.8. The van der Waals surface area contributed by atoms with Crippen LogP contribution in [0.25, 0.3) is 0 Å². The fraction of sp³-hybridized carbons (Fsp3) is 0.130. The second kappa shape index (κ2) is 9.37. The van der Waals surface area contributed by atoms with E-state index in [1.54, 1.807) is 24.3 Å². The van der Waals surface area contributed by atoms with Crippen LogP contribution in [0.1, 0.15) is 22.8 Å². The molecule has 1 amide bonds. The number of hydrogen-bond acceptors (Lipinski definition) is 4. The Morgan fingerprint density at radius 2 is 1.54 bits per heavy atom. The number of nitrogens with one attached hydrogen (secondary N) is 1. The van der Waals surface area contributed by atoms with Gasteiger partial charge in [0.2, 0.25) is 0 Å². The summed E-state index contributed by atoms with van der Waals surface area (Å²) in [5.41, 5.74) is 2.22. The minimum atomic E-state index is -0.507. The van der Waals surface area contributed by atoms with Gasteiger partial charge in [-0.2, -0.15) is 0 Å². The van der Waals surface area contributed by atoms with Crippen LogP contribution in [-0.4, -0.2) is 18.5 Å². The Morgan fingerprint density at radius 1 is 0.857 bits per heavy atom. The van der Waals surface area contributed by atoms with Gasteiger partial charge in [-0.3, -0.25) is 4.79 Å². The van der Waals surface area contributed by atoms with Crippen molar-refractivity contribution in [2.45, 2.75) is 13.3 Å². The first kappa shape index (κ1) is 19.2. The largest absolute Gasteiger partial charge is 0.482 e. The van der Waals surface area contributed by atoms with Crippen molar-refractivity contribution in [1.29, 1.82) is 0 Å². The lowest BCUT2D eigenvalue weighted by Crippen LogP contribution is -2.18. The first-order valence-electron chi connectivity index (χ1n) is 9.03. The van der Waals surface area contributed by atoms with Gasteiger partial charge in [-0.1, -0.05) is 43.3 Å². The number of amides is 1. The van der Waals surface area contributed by atoms with Crippen molar-refractivity contribution in [2.24, 2.45) is 0 Å². The zero-order valence-corrected chi connectivity index (χ0v) is 15.6. The van der Waals surface area contributed by atoms with Crippen molar-refractivity contribution in [1.82, 2.24) is 0 Å². The van der Waals surface area contributed by atoms with Gasteiger partial charge in [0.05, 0.1) is 0 Å². The Morgan fingerprint density at radius 3 is 2.25 bits per heavy atom. The summed E-state index contributed by atoms with van der Waals surface area (Å²) >= 11 is 0. The lowest BCUT2D eigenvalue weighted by Gasteiger charge is -2.10. The minimum absolute atomic E-state index is 0.187. The number of anilines is 1. The molecule has 0 atom stereocenters. The third-order valence-electron chi connectivity index (χ3n) is 4.08. The summed E-state index contributed by atoms with van der Waals surface area (Å²) in [6, 6.07) is 23.1. The molecular weight excluding hydrogens is 354 g/mol. The summed E-state index contributed by atoms with van der Waals surface area (Å²) in [6.45, 7) is 1.84. The Hall–Kier alpha value is -3.60. The number of hydrogen-bond donors (Lipinski definition) is 1. The highest BCUT2D eigenvalue weighted by atomic mass is 16.6. The van der Waals surface area contributed by atoms with Crippen LogP contribution in [0.2, 0.25) is 0 Å². The number of esters is 1. The van der Waals surface area contributed by atoms with Crippen LogP contribution in [0, 0.1) is 0 Å². The number of benzene rings is 3. The molecule has 0 saturated carbocycles. The van der Waals surface area contributed by atoms with Crippen molar-refractivity contribution < 1.29 is 19.1 Å². The number of aryl methyl sites for hydroxylation is 1. The molecular formula is C23H21NO4. The first-order valence-corrected chi connectivity index (χ1v) is 9.03. The molecule has 3 aromatic carbocycles. The Labute approximate surface area is 163 Å². The number of carbonyl (C=O) groups excluding carboxylic acids is 2. The second-order valence-electron chi connectivity index (χ2n) is 6.07. The third-order valence-corrected chi connectivity index (χ3v) is 4.08. The molecule has 0 bridgehead atoms. The summed E-state index contributed by atoms with van der Waals surface area (Å²) < 4.78 is 10.8. The summed E-state index contributed by atoms with van der Waals surface area (Å²) in [6.07, 6.45) is 0.817. The molecule has 0 radical (unpaired) electrons. The van der Waals surface area contributed by atoms with Gasteiger partial charge in [-0.25, -0.2) is 4.79 Å². The standard InChI is InChI=1S/C23H21NO4/c1-2-17-8-6-7-11-21(17)27-16-22(25)28-20-14-12-18(13-15-20)23(26)24-19-9-4-3-5-10-19/h3-15H,2,16H2,1H3,(H,24,26). The molecule has 3 rings (SSSR count). The van der Waals surface area contributed by atoms with Crippen LogP contribution in [0.15, 0.2) is 78.9 Å². The van der Waals surface area contributed by atoms with E-state index in [0.29, 0.717) is 22.7 Å². The van der Waals surface area contributed by atoms with E-state index in [9.17, 15) is 9.59 Å². The smallest absolute Gasteiger partial charge is 0.349 e. The topological polar surface area (TPSA) is 64.6 Å². The van der Waals surface area contributed by atoms with Gasteiger partial charge in [-0.05, 0) is 54.4 Å². The fourth-order valence-electron chi connectivity index (χ4n) is 2.63. The maximum Gasteiger partial charge on any atom is 0.349 e. The summed E-state index contributed by atoms with van der Waals surface area (Å²) in [5.74, 6) is 0.291. The van der Waals surface area contributed by atoms with Crippen LogP contribution in [0.5, 0.6) is 11.5 Å². The van der Waals surface area contributed by atoms with E-state index in [-0.39, 0.29) is 12.5 Å². The average molecular weight is 375 g/mol. The molecule has 0 aliphatic heterocycles. The van der Waals surface area contributed by atoms with Crippen molar-refractivity contribution in [2.75, 3.05) is 11.9 Å². The summed E-state index contributed by atoms with van der Waals surface area (Å²) in [7, 11) is 0. The van der Waals surface area contributed by atoms with Gasteiger partial charge in [0.25, 0.3) is 5.91 Å². The highest BCUT2D eigenvalue weighted by Gasteiger charge is 2.10. The van der Waals surface area contributed by atoms with Crippen LogP contribution < -0.4 is 14.8 Å². The normalized spacial score (nSPS) is 10.2. The second-order valence-corrected chi connectivity index (χ2v) is 6.07. The van der Waals surface area contributed by atoms with E-state index in [1.165, 1.54) is 0 Å². The predicted molar refractivity (Wildman–Crippen MR) is 108 cm³/mol. The molecule has 142 valence electrons. The van der Waals surface area contributed by atoms with Crippen molar-refractivity contribution in [3.63, 3.8) is 0 Å². The van der Waals surface area contributed by atoms with Crippen LogP contribution in [0.4, 0.5) is 5.69 Å². The molecule has 0 heterocycles. The fourth-order valence-corrected chi connectivity index (χ4v) is 2.63. The summed E-state index contributed by atoms with van der Waals surface area (Å²) in [5, 5.41) is 2.80. The maximum atomic E-state index is 12.2. The Bertz CT molecular complexity index is 936. The Balaban J connectivity index is 1.53. The van der Waals surface area contributed by atoms with E-state index in [4.69, 9.17) is 9.47 Å². The van der Waals surface area contributed by atoms with Crippen LogP contribution in [-0.2, 0) is 11.2 Å². The zero-order valence-electron chi connectivity index (χ0n) is 15.6. The highest BCUT2D eigenvalue weighted by Crippen LogP contribution is 2.19. The highest BCUT2D eigenvalue weighted by molar-refractivity contribution is 6.04. The van der Waals surface area contributed by atoms with Gasteiger partial charge in [-0.15, -0.1) is 0 Å². The molecule has 0 spiro atoms. The number of para-hydroxylation sites is 2. The number of rotatable bonds is 7. The predicted octanol–water partition coefficient (Wildman–Crippen LogP) is 4.49. The quantitative estimate of drug-likeness (QED) is 0.488. The maximum absolute atomic E-state index is 12.2. The summed E-state index contributed by atoms with van der Waals surface area (Å²) in [4.78, 5) is 24.2. The van der Waals surface area contributed by atoms with E-state index in [0.717, 1.165) is 12.0 Å². The molecule has 0 fully saturated rings. The molecule has 28 heavy (non-hydrogen) atoms. The van der Waals surface area contributed by atoms with Gasteiger partial charge >= 0.3 is 5.97 Å². The lowest BCUT2D eigenvalue weighted by molar-refractivity contribution is -0.136. The molecule has 0 aromatic heterocycles. The molecule has 0 aliphatic carbocycles. The van der Waals surface area contributed by atoms with Gasteiger partial charge in [0.15, 0.2) is 6.61 Å². The molecule has 5 heteroatoms. The average Bonchev–Trinajstić information content (AvgIpc) is 2.73. The molecule has 5 nitrogen and oxygen atoms in total. The molecule has 3 aromatic rings. The van der Waals surface area contributed by atoms with E-state index in [1.807, 2.05) is 61.5 Å². The van der Waals surface area contributed by atoms with E-state index >= 15 is 0 Å². The van der Waals surface area contributed by atoms with E-state index < -0.39 is 5.97 Å². The van der Waals surface area contributed by atoms with Crippen LogP contribution >= 0.6 is 0 Å². The number of carbonyl (C=O) groups is 2. The van der Waals surface area contributed by atoms with Crippen LogP contribution in [0.3, 0.4) is 0 Å².